The molecule has 0 radical (unpaired) electrons. The molecule has 3 atom stereocenters. The van der Waals surface area contributed by atoms with Crippen LogP contribution in [0.1, 0.15) is 81.0 Å². The first kappa shape index (κ1) is 34.8. The molecule has 4 aromatic rings. The minimum absolute atomic E-state index is 0.203. The number of carbonyl (C=O) groups is 3. The van der Waals surface area contributed by atoms with Gasteiger partial charge in [0, 0.05) is 77.9 Å². The molecule has 3 unspecified atom stereocenters. The second-order valence-electron chi connectivity index (χ2n) is 17.5. The monoisotopic (exact) mass is 750 g/mol. The predicted octanol–water partition coefficient (Wildman–Crippen LogP) is 5.97. The van der Waals surface area contributed by atoms with E-state index in [0.717, 1.165) is 122 Å². The van der Waals surface area contributed by atoms with Crippen molar-refractivity contribution in [2.75, 3.05) is 49.1 Å². The number of likely N-dealkylation sites (tertiary alicyclic amines) is 1. The first-order valence-corrected chi connectivity index (χ1v) is 20.2. The van der Waals surface area contributed by atoms with Crippen molar-refractivity contribution in [3.05, 3.63) is 59.4 Å². The summed E-state index contributed by atoms with van der Waals surface area (Å²) in [6.07, 6.45) is 9.39. The van der Waals surface area contributed by atoms with Gasteiger partial charge in [0.15, 0.2) is 0 Å². The van der Waals surface area contributed by atoms with Crippen molar-refractivity contribution in [1.29, 1.82) is 0 Å². The SMILES string of the molecule is CC12Cc3[nH]nc(-c4cc5ccc(N6CCC7(CCN(CCC8CCN(c9ccc(C%10CCC(=O)NC%10=O)cn9)CC8)CC7)C6=O)cc5[nH]4)c3CC1C2(F)F. The van der Waals surface area contributed by atoms with Crippen molar-refractivity contribution < 1.29 is 23.2 Å². The molecule has 4 saturated heterocycles. The number of alkyl halides is 2. The van der Waals surface area contributed by atoms with Crippen molar-refractivity contribution in [2.45, 2.75) is 83.0 Å². The number of carbonyl (C=O) groups excluding carboxylic acids is 3. The van der Waals surface area contributed by atoms with Crippen molar-refractivity contribution in [3.8, 4) is 11.4 Å². The first-order valence-electron chi connectivity index (χ1n) is 20.2. The molecule has 3 N–H and O–H groups in total. The van der Waals surface area contributed by atoms with E-state index in [0.29, 0.717) is 38.1 Å². The molecule has 1 saturated carbocycles. The number of pyridine rings is 1. The summed E-state index contributed by atoms with van der Waals surface area (Å²) in [4.78, 5) is 52.8. The first-order chi connectivity index (χ1) is 26.5. The number of hydrogen-bond acceptors (Lipinski definition) is 7. The number of piperidine rings is 3. The van der Waals surface area contributed by atoms with Gasteiger partial charge in [0.1, 0.15) is 11.5 Å². The quantitative estimate of drug-likeness (QED) is 0.199. The third kappa shape index (κ3) is 5.70. The van der Waals surface area contributed by atoms with Crippen LogP contribution >= 0.6 is 0 Å². The lowest BCUT2D eigenvalue weighted by molar-refractivity contribution is -0.134. The molecule has 13 heteroatoms. The molecule has 0 bridgehead atoms. The van der Waals surface area contributed by atoms with E-state index in [1.54, 1.807) is 13.1 Å². The number of H-pyrrole nitrogens is 2. The summed E-state index contributed by atoms with van der Waals surface area (Å²) in [6, 6.07) is 12.1. The maximum atomic E-state index is 14.5. The second-order valence-corrected chi connectivity index (χ2v) is 17.5. The van der Waals surface area contributed by atoms with Gasteiger partial charge in [0.2, 0.25) is 17.7 Å². The van der Waals surface area contributed by atoms with Crippen LogP contribution in [-0.4, -0.2) is 88.0 Å². The van der Waals surface area contributed by atoms with Gasteiger partial charge in [-0.25, -0.2) is 13.8 Å². The van der Waals surface area contributed by atoms with Crippen molar-refractivity contribution >= 4 is 40.1 Å². The Morgan fingerprint density at radius 1 is 0.945 bits per heavy atom. The number of anilines is 2. The van der Waals surface area contributed by atoms with E-state index in [4.69, 9.17) is 0 Å². The third-order valence-electron chi connectivity index (χ3n) is 14.5. The second kappa shape index (κ2) is 12.7. The van der Waals surface area contributed by atoms with Crippen LogP contribution in [0.5, 0.6) is 0 Å². The van der Waals surface area contributed by atoms with E-state index in [1.807, 2.05) is 41.3 Å². The van der Waals surface area contributed by atoms with Gasteiger partial charge >= 0.3 is 0 Å². The number of fused-ring (bicyclic) bond motifs is 3. The van der Waals surface area contributed by atoms with E-state index in [9.17, 15) is 23.2 Å². The molecule has 11 nitrogen and oxygen atoms in total. The van der Waals surface area contributed by atoms with Crippen LogP contribution in [0.3, 0.4) is 0 Å². The average Bonchev–Trinajstić information content (AvgIpc) is 3.70. The fraction of sp³-hybridized carbons (Fsp3) is 0.548. The molecule has 3 amide bonds. The zero-order chi connectivity index (χ0) is 37.7. The molecule has 6 aliphatic rings. The Hall–Kier alpha value is -4.65. The Balaban J connectivity index is 0.711. The van der Waals surface area contributed by atoms with Crippen molar-refractivity contribution in [1.82, 2.24) is 30.4 Å². The lowest BCUT2D eigenvalue weighted by Crippen LogP contribution is -2.45. The molecule has 2 aliphatic carbocycles. The Kier molecular flexibility index (Phi) is 8.03. The summed E-state index contributed by atoms with van der Waals surface area (Å²) >= 11 is 0. The smallest absolute Gasteiger partial charge is 0.258 e. The molecule has 7 heterocycles. The number of imide groups is 1. The van der Waals surface area contributed by atoms with Crippen LogP contribution in [0, 0.1) is 22.7 Å². The topological polar surface area (TPSA) is 130 Å². The number of benzene rings is 1. The summed E-state index contributed by atoms with van der Waals surface area (Å²) in [5, 5.41) is 11.0. The van der Waals surface area contributed by atoms with Crippen LogP contribution in [0.15, 0.2) is 42.6 Å². The number of rotatable bonds is 7. The van der Waals surface area contributed by atoms with Gasteiger partial charge in [-0.05, 0) is 107 Å². The number of amides is 3. The number of aromatic nitrogens is 4. The van der Waals surface area contributed by atoms with Crippen LogP contribution in [0.25, 0.3) is 22.3 Å². The molecule has 3 aromatic heterocycles. The highest BCUT2D eigenvalue weighted by Gasteiger charge is 2.78. The molecule has 288 valence electrons. The summed E-state index contributed by atoms with van der Waals surface area (Å²) < 4.78 is 29.1. The molecule has 10 rings (SSSR count). The Bertz CT molecular complexity index is 2180. The Morgan fingerprint density at radius 3 is 2.51 bits per heavy atom. The van der Waals surface area contributed by atoms with Gasteiger partial charge in [-0.15, -0.1) is 0 Å². The van der Waals surface area contributed by atoms with Gasteiger partial charge in [0.25, 0.3) is 5.92 Å². The van der Waals surface area contributed by atoms with Crippen LogP contribution in [0.4, 0.5) is 20.3 Å². The number of nitrogens with zero attached hydrogens (tertiary/aromatic N) is 5. The van der Waals surface area contributed by atoms with Crippen molar-refractivity contribution in [3.63, 3.8) is 0 Å². The zero-order valence-corrected chi connectivity index (χ0v) is 31.3. The highest BCUT2D eigenvalue weighted by molar-refractivity contribution is 6.02. The highest BCUT2D eigenvalue weighted by Crippen LogP contribution is 2.70. The predicted molar refractivity (Wildman–Crippen MR) is 204 cm³/mol. The maximum absolute atomic E-state index is 14.5. The molecule has 55 heavy (non-hydrogen) atoms. The van der Waals surface area contributed by atoms with Gasteiger partial charge < -0.3 is 19.7 Å². The molecule has 5 fully saturated rings. The fourth-order valence-electron chi connectivity index (χ4n) is 10.6. The summed E-state index contributed by atoms with van der Waals surface area (Å²) in [5.41, 5.74) is 4.65. The van der Waals surface area contributed by atoms with E-state index in [2.05, 4.69) is 35.3 Å². The molecular weight excluding hydrogens is 703 g/mol. The van der Waals surface area contributed by atoms with Gasteiger partial charge in [-0.1, -0.05) is 19.1 Å². The fourth-order valence-corrected chi connectivity index (χ4v) is 10.6. The van der Waals surface area contributed by atoms with Gasteiger partial charge in [-0.3, -0.25) is 24.8 Å². The Morgan fingerprint density at radius 2 is 1.75 bits per heavy atom. The minimum Gasteiger partial charge on any atom is -0.357 e. The average molecular weight is 751 g/mol. The van der Waals surface area contributed by atoms with Crippen LogP contribution in [-0.2, 0) is 27.2 Å². The lowest BCUT2D eigenvalue weighted by Gasteiger charge is -2.39. The summed E-state index contributed by atoms with van der Waals surface area (Å²) in [6.45, 7) is 7.27. The number of nitrogens with one attached hydrogen (secondary N) is 3. The number of hydrogen-bond donors (Lipinski definition) is 3. The molecular formula is C42H48F2N8O3. The van der Waals surface area contributed by atoms with E-state index < -0.39 is 17.3 Å². The Labute approximate surface area is 318 Å². The molecule has 4 aliphatic heterocycles. The lowest BCUT2D eigenvalue weighted by atomic mass is 9.77. The summed E-state index contributed by atoms with van der Waals surface area (Å²) in [7, 11) is 0. The standard InChI is InChI=1S/C42H48F2N8O3/c1-40-23-33-30(22-34(40)42(40,43)44)37(49-48-33)32-20-26-2-4-28(21-31(26)46-32)52-19-13-41(39(52)55)11-17-50(18-12-41)14-8-25-9-15-51(16-10-25)35-6-3-27(24-45-35)29-5-7-36(53)47-38(29)54/h2-4,6,20-21,24-25,29,34,46H,5,7-19,22-23H2,1H3,(H,48,49)(H,47,53,54). The highest BCUT2D eigenvalue weighted by atomic mass is 19.3. The number of halogens is 2. The molecule has 1 spiro atoms. The van der Waals surface area contributed by atoms with E-state index >= 15 is 0 Å². The number of aromatic amines is 2. The maximum Gasteiger partial charge on any atom is 0.258 e. The van der Waals surface area contributed by atoms with Crippen LogP contribution in [0.2, 0.25) is 0 Å². The van der Waals surface area contributed by atoms with Gasteiger partial charge in [0.05, 0.1) is 17.0 Å². The normalized spacial score (nSPS) is 27.8. The third-order valence-corrected chi connectivity index (χ3v) is 14.5. The minimum atomic E-state index is -2.63. The molecule has 1 aromatic carbocycles. The van der Waals surface area contributed by atoms with Gasteiger partial charge in [-0.2, -0.15) is 5.10 Å². The summed E-state index contributed by atoms with van der Waals surface area (Å²) in [5.74, 6) is -2.16. The van der Waals surface area contributed by atoms with Crippen molar-refractivity contribution in [2.24, 2.45) is 22.7 Å². The van der Waals surface area contributed by atoms with E-state index in [1.165, 1.54) is 0 Å². The van der Waals surface area contributed by atoms with E-state index in [-0.39, 0.29) is 29.1 Å². The zero-order valence-electron chi connectivity index (χ0n) is 31.3. The largest absolute Gasteiger partial charge is 0.357 e. The van der Waals surface area contributed by atoms with Crippen LogP contribution < -0.4 is 15.1 Å².